The van der Waals surface area contributed by atoms with Crippen LogP contribution in [0.15, 0.2) is 48.5 Å². The largest absolute Gasteiger partial charge is 0.496 e. The molecule has 34 heavy (non-hydrogen) atoms. The number of esters is 1. The molecule has 0 saturated heterocycles. The van der Waals surface area contributed by atoms with Crippen LogP contribution in [-0.2, 0) is 14.9 Å². The number of rotatable bonds is 9. The monoisotopic (exact) mass is 513 g/mol. The van der Waals surface area contributed by atoms with E-state index in [2.05, 4.69) is 13.1 Å². The van der Waals surface area contributed by atoms with E-state index in [-0.39, 0.29) is 5.97 Å². The van der Waals surface area contributed by atoms with Crippen molar-refractivity contribution in [2.24, 2.45) is 5.73 Å². The number of ether oxygens (including phenoxy) is 2. The molecule has 5 nitrogen and oxygen atoms in total. The van der Waals surface area contributed by atoms with Crippen molar-refractivity contribution in [3.05, 3.63) is 64.0 Å². The summed E-state index contributed by atoms with van der Waals surface area (Å²) in [6.45, 7) is 5.04. The molecule has 2 aromatic carbocycles. The fourth-order valence-corrected chi connectivity index (χ4v) is 5.88. The van der Waals surface area contributed by atoms with Crippen LogP contribution in [0, 0.1) is 0 Å². The second-order valence-electron chi connectivity index (χ2n) is 9.05. The van der Waals surface area contributed by atoms with Gasteiger partial charge in [-0.3, -0.25) is 9.59 Å². The van der Waals surface area contributed by atoms with Gasteiger partial charge in [-0.1, -0.05) is 61.1 Å². The van der Waals surface area contributed by atoms with Gasteiger partial charge in [0.15, 0.2) is 0 Å². The molecule has 3 aromatic rings. The Balaban J connectivity index is 1.58. The highest BCUT2D eigenvalue weighted by atomic mass is 35.5. The van der Waals surface area contributed by atoms with E-state index >= 15 is 0 Å². The average molecular weight is 514 g/mol. The molecule has 1 saturated carbocycles. The van der Waals surface area contributed by atoms with E-state index in [4.69, 9.17) is 26.8 Å². The number of carbonyl (C=O) groups excluding carboxylic acids is 2. The number of amides is 1. The van der Waals surface area contributed by atoms with Crippen LogP contribution in [-0.4, -0.2) is 34.4 Å². The Morgan fingerprint density at radius 3 is 2.35 bits per heavy atom. The van der Waals surface area contributed by atoms with Crippen molar-refractivity contribution in [1.29, 1.82) is 0 Å². The number of halogens is 1. The second-order valence-corrected chi connectivity index (χ2v) is 14.1. The van der Waals surface area contributed by atoms with Crippen molar-refractivity contribution in [3.63, 3.8) is 0 Å². The summed E-state index contributed by atoms with van der Waals surface area (Å²) in [7, 11) is 0.878. The van der Waals surface area contributed by atoms with Gasteiger partial charge in [0.1, 0.15) is 5.75 Å². The predicted molar refractivity (Wildman–Crippen MR) is 141 cm³/mol. The number of carbonyl (C=O) groups is 2. The third kappa shape index (κ3) is 4.92. The quantitative estimate of drug-likeness (QED) is 0.285. The number of hydrogen-bond acceptors (Lipinski definition) is 5. The molecule has 1 aromatic heterocycles. The molecule has 0 unspecified atom stereocenters. The molecule has 2 N–H and O–H groups in total. The lowest BCUT2D eigenvalue weighted by atomic mass is 9.93. The Morgan fingerprint density at radius 1 is 1.09 bits per heavy atom. The first-order valence-corrected chi connectivity index (χ1v) is 15.6. The lowest BCUT2D eigenvalue weighted by Crippen LogP contribution is -2.24. The molecule has 178 valence electrons. The lowest BCUT2D eigenvalue weighted by Gasteiger charge is -2.16. The molecule has 8 heteroatoms. The third-order valence-electron chi connectivity index (χ3n) is 6.25. The van der Waals surface area contributed by atoms with E-state index in [1.807, 2.05) is 42.5 Å². The number of methoxy groups -OCH3 is 1. The maximum Gasteiger partial charge on any atom is 0.316 e. The summed E-state index contributed by atoms with van der Waals surface area (Å²) in [4.78, 5) is 25.3. The molecule has 0 aliphatic heterocycles. The summed E-state index contributed by atoms with van der Waals surface area (Å²) in [6.07, 6.45) is 1.65. The molecular formula is C26H28ClNO4SSi. The maximum absolute atomic E-state index is 12.7. The topological polar surface area (TPSA) is 78.6 Å². The molecule has 1 aliphatic carbocycles. The van der Waals surface area contributed by atoms with Crippen molar-refractivity contribution < 1.29 is 19.1 Å². The fraction of sp³-hybridized carbons (Fsp3) is 0.308. The molecule has 0 spiro atoms. The maximum atomic E-state index is 12.7. The second kappa shape index (κ2) is 9.94. The Hall–Kier alpha value is -2.61. The van der Waals surface area contributed by atoms with Gasteiger partial charge in [0.2, 0.25) is 5.91 Å². The highest BCUT2D eigenvalue weighted by molar-refractivity contribution is 7.19. The van der Waals surface area contributed by atoms with Gasteiger partial charge < -0.3 is 15.2 Å². The average Bonchev–Trinajstić information content (AvgIpc) is 3.54. The molecule has 1 fully saturated rings. The van der Waals surface area contributed by atoms with E-state index in [1.165, 1.54) is 11.3 Å². The number of nitrogens with two attached hydrogens (primary N) is 1. The van der Waals surface area contributed by atoms with Gasteiger partial charge >= 0.3 is 5.97 Å². The van der Waals surface area contributed by atoms with E-state index in [9.17, 15) is 9.59 Å². The molecule has 0 atom stereocenters. The first-order chi connectivity index (χ1) is 16.2. The smallest absolute Gasteiger partial charge is 0.316 e. The minimum Gasteiger partial charge on any atom is -0.496 e. The van der Waals surface area contributed by atoms with Crippen LogP contribution in [0.4, 0.5) is 0 Å². The van der Waals surface area contributed by atoms with Crippen molar-refractivity contribution >= 4 is 43.6 Å². The van der Waals surface area contributed by atoms with Crippen LogP contribution in [0.25, 0.3) is 21.6 Å². The minimum atomic E-state index is -0.735. The van der Waals surface area contributed by atoms with Gasteiger partial charge in [-0.2, -0.15) is 0 Å². The number of hydrogen-bond donors (Lipinski definition) is 1. The van der Waals surface area contributed by atoms with Crippen molar-refractivity contribution in [1.82, 2.24) is 0 Å². The zero-order valence-corrected chi connectivity index (χ0v) is 22.2. The molecule has 4 rings (SSSR count). The summed E-state index contributed by atoms with van der Waals surface area (Å²) in [6, 6.07) is 16.4. The normalized spacial score (nSPS) is 14.1. The summed E-state index contributed by atoms with van der Waals surface area (Å²) in [5.74, 6) is 0.0517. The summed E-state index contributed by atoms with van der Waals surface area (Å²) >= 11 is 7.43. The highest BCUT2D eigenvalue weighted by Gasteiger charge is 2.52. The van der Waals surface area contributed by atoms with Crippen LogP contribution in [0.5, 0.6) is 5.75 Å². The van der Waals surface area contributed by atoms with Gasteiger partial charge in [-0.15, -0.1) is 11.3 Å². The van der Waals surface area contributed by atoms with Gasteiger partial charge in [0, 0.05) is 19.2 Å². The fourth-order valence-electron chi connectivity index (χ4n) is 4.06. The summed E-state index contributed by atoms with van der Waals surface area (Å²) in [5.41, 5.74) is 9.12. The Bertz CT molecular complexity index is 1220. The summed E-state index contributed by atoms with van der Waals surface area (Å²) < 4.78 is 11.8. The first-order valence-electron chi connectivity index (χ1n) is 11.3. The van der Waals surface area contributed by atoms with E-state index < -0.39 is 20.1 Å². The number of thiophene rings is 1. The highest BCUT2D eigenvalue weighted by Crippen LogP contribution is 2.50. The predicted octanol–water partition coefficient (Wildman–Crippen LogP) is 5.90. The van der Waals surface area contributed by atoms with Crippen LogP contribution in [0.2, 0.25) is 23.5 Å². The Kier molecular flexibility index (Phi) is 7.16. The van der Waals surface area contributed by atoms with Crippen LogP contribution in [0.3, 0.4) is 0 Å². The molecule has 0 radical (unpaired) electrons. The molecule has 1 heterocycles. The number of primary amides is 1. The Labute approximate surface area is 210 Å². The zero-order valence-electron chi connectivity index (χ0n) is 19.5. The standard InChI is InChI=1S/C26H28ClNO4SSi/c1-31-21-14-17(23-20(24(28)29)15-22(27)33-23)6-9-19(21)16-4-7-18(8-5-16)26(10-11-26)25(30)32-12-13-34(2)3/h4-9,14-15,34H,10-13H2,1-3H3,(H2,28,29). The van der Waals surface area contributed by atoms with Gasteiger partial charge in [0.05, 0.1) is 29.0 Å². The van der Waals surface area contributed by atoms with Gasteiger partial charge in [-0.05, 0) is 47.7 Å². The van der Waals surface area contributed by atoms with E-state index in [1.54, 1.807) is 13.2 Å². The van der Waals surface area contributed by atoms with Crippen LogP contribution >= 0.6 is 22.9 Å². The van der Waals surface area contributed by atoms with Crippen LogP contribution < -0.4 is 10.5 Å². The Morgan fingerprint density at radius 2 is 1.76 bits per heavy atom. The lowest BCUT2D eigenvalue weighted by molar-refractivity contribution is -0.146. The summed E-state index contributed by atoms with van der Waals surface area (Å²) in [5, 5.41) is 0. The van der Waals surface area contributed by atoms with Gasteiger partial charge in [-0.25, -0.2) is 0 Å². The SMILES string of the molecule is COc1cc(-c2sc(Cl)cc2C(N)=O)ccc1-c1ccc(C2(C(=O)OCC[SiH](C)C)CC2)cc1. The molecule has 1 aliphatic rings. The van der Waals surface area contributed by atoms with E-state index in [0.717, 1.165) is 41.1 Å². The van der Waals surface area contributed by atoms with E-state index in [0.29, 0.717) is 27.1 Å². The van der Waals surface area contributed by atoms with Crippen molar-refractivity contribution in [2.45, 2.75) is 37.4 Å². The number of benzene rings is 2. The van der Waals surface area contributed by atoms with Crippen molar-refractivity contribution in [3.8, 4) is 27.3 Å². The first kappa shape index (κ1) is 24.5. The third-order valence-corrected chi connectivity index (χ3v) is 8.95. The van der Waals surface area contributed by atoms with Gasteiger partial charge in [0.25, 0.3) is 0 Å². The molecular weight excluding hydrogens is 486 g/mol. The molecule has 1 amide bonds. The van der Waals surface area contributed by atoms with Crippen molar-refractivity contribution in [2.75, 3.05) is 13.7 Å². The van der Waals surface area contributed by atoms with Crippen LogP contribution in [0.1, 0.15) is 28.8 Å². The molecule has 0 bridgehead atoms. The minimum absolute atomic E-state index is 0.100. The zero-order chi connectivity index (χ0) is 24.5.